The molecule has 0 atom stereocenters. The highest BCUT2D eigenvalue weighted by molar-refractivity contribution is 6.12. The predicted octanol–water partition coefficient (Wildman–Crippen LogP) is 15.2. The Labute approximate surface area is 362 Å². The second-order valence-corrected chi connectivity index (χ2v) is 16.2. The Balaban J connectivity index is 1.07. The van der Waals surface area contributed by atoms with Gasteiger partial charge in [-0.3, -0.25) is 0 Å². The van der Waals surface area contributed by atoms with Gasteiger partial charge in [0.05, 0.1) is 33.5 Å². The first-order chi connectivity index (χ1) is 31.2. The Morgan fingerprint density at radius 2 is 0.794 bits per heavy atom. The molecule has 4 aromatic heterocycles. The molecule has 9 aromatic carbocycles. The zero-order valence-electron chi connectivity index (χ0n) is 34.0. The van der Waals surface area contributed by atoms with Crippen molar-refractivity contribution in [2.75, 3.05) is 0 Å². The van der Waals surface area contributed by atoms with E-state index < -0.39 is 0 Å². The van der Waals surface area contributed by atoms with Gasteiger partial charge in [0.2, 0.25) is 0 Å². The fraction of sp³-hybridized carbons (Fsp3) is 0. The van der Waals surface area contributed by atoms with Gasteiger partial charge in [-0.25, -0.2) is 9.97 Å². The molecule has 294 valence electrons. The van der Waals surface area contributed by atoms with E-state index in [1.54, 1.807) is 0 Å². The van der Waals surface area contributed by atoms with E-state index in [0.29, 0.717) is 5.82 Å². The van der Waals surface area contributed by atoms with E-state index in [2.05, 4.69) is 197 Å². The van der Waals surface area contributed by atoms with Gasteiger partial charge in [0.15, 0.2) is 5.82 Å². The SMILES string of the molecule is c1ccc(-c2nc(-c3cc(-c4ccc5c(c4)c4ccccc4n5-c4ccccc4)cc(-n4c5ccccc5c5ccccc54)c3)cc(-c3ccc4oc5ccccc5c4c3)n2)cc1. The van der Waals surface area contributed by atoms with Crippen molar-refractivity contribution >= 4 is 65.6 Å². The Morgan fingerprint density at radius 1 is 0.286 bits per heavy atom. The van der Waals surface area contributed by atoms with Crippen molar-refractivity contribution in [2.24, 2.45) is 0 Å². The normalized spacial score (nSPS) is 11.8. The Hall–Kier alpha value is -8.54. The third-order valence-electron chi connectivity index (χ3n) is 12.5. The Kier molecular flexibility index (Phi) is 7.84. The number of hydrogen-bond acceptors (Lipinski definition) is 3. The number of furan rings is 1. The molecule has 13 rings (SSSR count). The van der Waals surface area contributed by atoms with Gasteiger partial charge in [-0.05, 0) is 102 Å². The molecule has 63 heavy (non-hydrogen) atoms. The molecule has 0 fully saturated rings. The quantitative estimate of drug-likeness (QED) is 0.168. The molecular formula is C58H36N4O. The molecule has 0 aliphatic carbocycles. The van der Waals surface area contributed by atoms with Crippen LogP contribution in [0.15, 0.2) is 223 Å². The second-order valence-electron chi connectivity index (χ2n) is 16.2. The third kappa shape index (κ3) is 5.71. The van der Waals surface area contributed by atoms with Crippen molar-refractivity contribution < 1.29 is 4.42 Å². The predicted molar refractivity (Wildman–Crippen MR) is 260 cm³/mol. The van der Waals surface area contributed by atoms with Crippen LogP contribution in [0.5, 0.6) is 0 Å². The van der Waals surface area contributed by atoms with Gasteiger partial charge >= 0.3 is 0 Å². The van der Waals surface area contributed by atoms with Gasteiger partial charge in [-0.1, -0.05) is 127 Å². The molecule has 0 unspecified atom stereocenters. The number of rotatable bonds is 6. The number of para-hydroxylation sites is 5. The maximum atomic E-state index is 6.23. The lowest BCUT2D eigenvalue weighted by Crippen LogP contribution is -1.99. The summed E-state index contributed by atoms with van der Waals surface area (Å²) in [5, 5.41) is 6.99. The minimum absolute atomic E-state index is 0.666. The zero-order valence-corrected chi connectivity index (χ0v) is 34.0. The average Bonchev–Trinajstić information content (AvgIpc) is 4.01. The Morgan fingerprint density at radius 3 is 1.51 bits per heavy atom. The maximum absolute atomic E-state index is 6.23. The summed E-state index contributed by atoms with van der Waals surface area (Å²) in [6.45, 7) is 0. The first-order valence-corrected chi connectivity index (χ1v) is 21.3. The lowest BCUT2D eigenvalue weighted by Gasteiger charge is -2.15. The number of aromatic nitrogens is 4. The fourth-order valence-electron chi connectivity index (χ4n) is 9.61. The summed E-state index contributed by atoms with van der Waals surface area (Å²) in [5.74, 6) is 0.666. The summed E-state index contributed by atoms with van der Waals surface area (Å²) in [6.07, 6.45) is 0. The summed E-state index contributed by atoms with van der Waals surface area (Å²) in [5.41, 5.74) is 15.4. The highest BCUT2D eigenvalue weighted by Crippen LogP contribution is 2.40. The van der Waals surface area contributed by atoms with E-state index in [9.17, 15) is 0 Å². The number of fused-ring (bicyclic) bond motifs is 9. The lowest BCUT2D eigenvalue weighted by molar-refractivity contribution is 0.669. The molecular weight excluding hydrogens is 769 g/mol. The molecule has 13 aromatic rings. The van der Waals surface area contributed by atoms with E-state index in [0.717, 1.165) is 83.6 Å². The molecule has 0 spiro atoms. The van der Waals surface area contributed by atoms with E-state index in [1.165, 1.54) is 32.6 Å². The molecule has 0 amide bonds. The summed E-state index contributed by atoms with van der Waals surface area (Å²) in [7, 11) is 0. The standard InChI is InChI=1S/C58H36N4O/c1-3-15-37(16-4-1)58-59-50(39-28-30-57-49(35-39)47-22-10-14-26-56(47)63-57)36-51(60-58)41-31-40(32-43(33-41)62-52-23-11-7-19-44(52)45-20-8-12-24-53(45)62)38-27-29-55-48(34-38)46-21-9-13-25-54(46)61(55)42-17-5-2-6-18-42/h1-36H. The van der Waals surface area contributed by atoms with Crippen molar-refractivity contribution in [3.63, 3.8) is 0 Å². The highest BCUT2D eigenvalue weighted by Gasteiger charge is 2.19. The van der Waals surface area contributed by atoms with E-state index in [4.69, 9.17) is 14.4 Å². The van der Waals surface area contributed by atoms with Crippen LogP contribution in [0, 0.1) is 0 Å². The van der Waals surface area contributed by atoms with Crippen LogP contribution in [0.25, 0.3) is 122 Å². The molecule has 0 bridgehead atoms. The molecule has 0 saturated carbocycles. The summed E-state index contributed by atoms with van der Waals surface area (Å²) < 4.78 is 11.0. The third-order valence-corrected chi connectivity index (χ3v) is 12.5. The average molecular weight is 805 g/mol. The van der Waals surface area contributed by atoms with Crippen molar-refractivity contribution in [3.05, 3.63) is 218 Å². The molecule has 4 heterocycles. The minimum atomic E-state index is 0.666. The van der Waals surface area contributed by atoms with Crippen LogP contribution in [0.4, 0.5) is 0 Å². The first-order valence-electron chi connectivity index (χ1n) is 21.3. The van der Waals surface area contributed by atoms with Crippen LogP contribution >= 0.6 is 0 Å². The van der Waals surface area contributed by atoms with Crippen LogP contribution < -0.4 is 0 Å². The first kappa shape index (κ1) is 35.2. The molecule has 0 saturated heterocycles. The van der Waals surface area contributed by atoms with Crippen molar-refractivity contribution in [1.29, 1.82) is 0 Å². The topological polar surface area (TPSA) is 48.8 Å². The molecule has 5 nitrogen and oxygen atoms in total. The van der Waals surface area contributed by atoms with Crippen LogP contribution in [0.3, 0.4) is 0 Å². The Bertz CT molecular complexity index is 3860. The lowest BCUT2D eigenvalue weighted by atomic mass is 9.97. The number of hydrogen-bond donors (Lipinski definition) is 0. The summed E-state index contributed by atoms with van der Waals surface area (Å²) in [4.78, 5) is 10.6. The monoisotopic (exact) mass is 804 g/mol. The second kappa shape index (κ2) is 14.0. The van der Waals surface area contributed by atoms with Gasteiger partial charge in [0.25, 0.3) is 0 Å². The highest BCUT2D eigenvalue weighted by atomic mass is 16.3. The van der Waals surface area contributed by atoms with Crippen LogP contribution in [0.1, 0.15) is 0 Å². The van der Waals surface area contributed by atoms with E-state index >= 15 is 0 Å². The molecule has 0 N–H and O–H groups in total. The van der Waals surface area contributed by atoms with Crippen molar-refractivity contribution in [1.82, 2.24) is 19.1 Å². The maximum Gasteiger partial charge on any atom is 0.160 e. The smallest absolute Gasteiger partial charge is 0.160 e. The molecule has 5 heteroatoms. The largest absolute Gasteiger partial charge is 0.456 e. The van der Waals surface area contributed by atoms with Gasteiger partial charge in [0, 0.05) is 60.4 Å². The fourth-order valence-corrected chi connectivity index (χ4v) is 9.61. The van der Waals surface area contributed by atoms with Crippen molar-refractivity contribution in [2.45, 2.75) is 0 Å². The molecule has 0 radical (unpaired) electrons. The van der Waals surface area contributed by atoms with E-state index in [-0.39, 0.29) is 0 Å². The number of benzene rings is 9. The van der Waals surface area contributed by atoms with Gasteiger partial charge in [-0.15, -0.1) is 0 Å². The van der Waals surface area contributed by atoms with Crippen LogP contribution in [-0.2, 0) is 0 Å². The number of nitrogens with zero attached hydrogens (tertiary/aromatic N) is 4. The van der Waals surface area contributed by atoms with Crippen LogP contribution in [-0.4, -0.2) is 19.1 Å². The van der Waals surface area contributed by atoms with E-state index in [1.807, 2.05) is 30.3 Å². The van der Waals surface area contributed by atoms with Crippen molar-refractivity contribution in [3.8, 4) is 56.4 Å². The molecule has 0 aliphatic heterocycles. The van der Waals surface area contributed by atoms with Gasteiger partial charge in [0.1, 0.15) is 11.2 Å². The minimum Gasteiger partial charge on any atom is -0.456 e. The van der Waals surface area contributed by atoms with Gasteiger partial charge < -0.3 is 13.6 Å². The summed E-state index contributed by atoms with van der Waals surface area (Å²) in [6, 6.07) is 77.5. The molecule has 0 aliphatic rings. The summed E-state index contributed by atoms with van der Waals surface area (Å²) >= 11 is 0. The van der Waals surface area contributed by atoms with Crippen LogP contribution in [0.2, 0.25) is 0 Å². The zero-order chi connectivity index (χ0) is 41.4. The van der Waals surface area contributed by atoms with Gasteiger partial charge in [-0.2, -0.15) is 0 Å².